The highest BCUT2D eigenvalue weighted by atomic mass is 19.4. The van der Waals surface area contributed by atoms with Crippen LogP contribution < -0.4 is 10.2 Å². The molecule has 1 fully saturated rings. The fraction of sp³-hybridized carbons (Fsp3) is 0.350. The lowest BCUT2D eigenvalue weighted by Gasteiger charge is -2.33. The Morgan fingerprint density at radius 3 is 2.64 bits per heavy atom. The minimum atomic E-state index is -4.58. The van der Waals surface area contributed by atoms with E-state index >= 15 is 0 Å². The number of alkyl halides is 3. The highest BCUT2D eigenvalue weighted by Crippen LogP contribution is 2.35. The molecule has 2 heterocycles. The van der Waals surface area contributed by atoms with Crippen LogP contribution in [-0.4, -0.2) is 24.0 Å². The smallest absolute Gasteiger partial charge is 0.371 e. The van der Waals surface area contributed by atoms with Crippen LogP contribution in [0.5, 0.6) is 0 Å². The molecule has 5 nitrogen and oxygen atoms in total. The average molecular weight is 388 g/mol. The zero-order valence-corrected chi connectivity index (χ0v) is 15.0. The second-order valence-electron chi connectivity index (χ2n) is 6.68. The number of nitriles is 1. The molecule has 1 amide bonds. The van der Waals surface area contributed by atoms with Crippen molar-refractivity contribution in [3.05, 3.63) is 59.4 Å². The van der Waals surface area contributed by atoms with Crippen LogP contribution in [0.1, 0.15) is 29.5 Å². The molecule has 0 radical (unpaired) electrons. The summed E-state index contributed by atoms with van der Waals surface area (Å²) < 4.78 is 39.4. The zero-order valence-electron chi connectivity index (χ0n) is 15.0. The number of aromatic nitrogens is 1. The lowest BCUT2D eigenvalue weighted by Crippen LogP contribution is -2.40. The number of piperidine rings is 1. The second-order valence-corrected chi connectivity index (χ2v) is 6.68. The summed E-state index contributed by atoms with van der Waals surface area (Å²) >= 11 is 0. The summed E-state index contributed by atoms with van der Waals surface area (Å²) in [4.78, 5) is 18.2. The minimum Gasteiger partial charge on any atom is -0.371 e. The quantitative estimate of drug-likeness (QED) is 0.870. The number of carbonyl (C=O) groups excluding carboxylic acids is 1. The van der Waals surface area contributed by atoms with Crippen LogP contribution in [0, 0.1) is 17.2 Å². The first-order chi connectivity index (χ1) is 13.4. The van der Waals surface area contributed by atoms with E-state index in [0.717, 1.165) is 11.6 Å². The van der Waals surface area contributed by atoms with Gasteiger partial charge in [-0.1, -0.05) is 6.07 Å². The van der Waals surface area contributed by atoms with E-state index in [4.69, 9.17) is 5.26 Å². The van der Waals surface area contributed by atoms with Gasteiger partial charge in [0.2, 0.25) is 5.91 Å². The fourth-order valence-electron chi connectivity index (χ4n) is 3.30. The molecular formula is C20H19F3N4O. The van der Waals surface area contributed by atoms with Gasteiger partial charge in [0.15, 0.2) is 0 Å². The number of nitrogens with one attached hydrogen (secondary N) is 1. The lowest BCUT2D eigenvalue weighted by atomic mass is 9.95. The molecule has 146 valence electrons. The van der Waals surface area contributed by atoms with Crippen LogP contribution >= 0.6 is 0 Å². The maximum Gasteiger partial charge on any atom is 0.417 e. The highest BCUT2D eigenvalue weighted by Gasteiger charge is 2.34. The van der Waals surface area contributed by atoms with Crippen molar-refractivity contribution in [3.63, 3.8) is 0 Å². The molecule has 1 aromatic heterocycles. The molecule has 0 atom stereocenters. The van der Waals surface area contributed by atoms with Crippen LogP contribution in [-0.2, 0) is 17.5 Å². The predicted molar refractivity (Wildman–Crippen MR) is 97.2 cm³/mol. The number of rotatable bonds is 4. The van der Waals surface area contributed by atoms with Crippen molar-refractivity contribution in [2.75, 3.05) is 18.0 Å². The van der Waals surface area contributed by atoms with E-state index in [1.807, 2.05) is 11.0 Å². The standard InChI is InChI=1S/C20H19F3N4O/c21-20(22,23)18-10-17(4-3-16(18)11-24)27-8-5-15(6-9-27)19(28)26-13-14-2-1-7-25-12-14/h1-4,7,10,12,15H,5-6,8-9,13H2,(H,26,28). The number of nitrogens with zero attached hydrogens (tertiary/aromatic N) is 3. The van der Waals surface area contributed by atoms with Gasteiger partial charge in [0.1, 0.15) is 0 Å². The third kappa shape index (κ3) is 4.60. The first-order valence-electron chi connectivity index (χ1n) is 8.91. The van der Waals surface area contributed by atoms with Crippen molar-refractivity contribution in [1.82, 2.24) is 10.3 Å². The fourth-order valence-corrected chi connectivity index (χ4v) is 3.30. The number of anilines is 1. The molecule has 1 aliphatic heterocycles. The summed E-state index contributed by atoms with van der Waals surface area (Å²) in [6.45, 7) is 1.36. The van der Waals surface area contributed by atoms with Gasteiger partial charge < -0.3 is 10.2 Å². The normalized spacial score (nSPS) is 15.1. The van der Waals surface area contributed by atoms with E-state index in [-0.39, 0.29) is 17.4 Å². The van der Waals surface area contributed by atoms with Crippen molar-refractivity contribution in [2.24, 2.45) is 5.92 Å². The molecule has 0 aliphatic carbocycles. The summed E-state index contributed by atoms with van der Waals surface area (Å²) in [6.07, 6.45) is -0.119. The Hall–Kier alpha value is -3.08. The van der Waals surface area contributed by atoms with Gasteiger partial charge in [0, 0.05) is 43.6 Å². The molecule has 1 aromatic carbocycles. The van der Waals surface area contributed by atoms with Crippen molar-refractivity contribution in [1.29, 1.82) is 5.26 Å². The van der Waals surface area contributed by atoms with Gasteiger partial charge >= 0.3 is 6.18 Å². The molecule has 0 spiro atoms. The number of pyridine rings is 1. The number of amides is 1. The SMILES string of the molecule is N#Cc1ccc(N2CCC(C(=O)NCc3cccnc3)CC2)cc1C(F)(F)F. The average Bonchev–Trinajstić information content (AvgIpc) is 2.72. The largest absolute Gasteiger partial charge is 0.417 e. The topological polar surface area (TPSA) is 69.0 Å². The maximum atomic E-state index is 13.1. The van der Waals surface area contributed by atoms with Gasteiger partial charge in [-0.2, -0.15) is 18.4 Å². The summed E-state index contributed by atoms with van der Waals surface area (Å²) in [6, 6.07) is 9.00. The third-order valence-electron chi connectivity index (χ3n) is 4.85. The van der Waals surface area contributed by atoms with E-state index < -0.39 is 11.7 Å². The van der Waals surface area contributed by atoms with Crippen molar-refractivity contribution in [2.45, 2.75) is 25.6 Å². The van der Waals surface area contributed by atoms with E-state index in [1.165, 1.54) is 12.1 Å². The first kappa shape index (κ1) is 19.7. The van der Waals surface area contributed by atoms with E-state index in [2.05, 4.69) is 10.3 Å². The summed E-state index contributed by atoms with van der Waals surface area (Å²) in [5.41, 5.74) is 0.0100. The van der Waals surface area contributed by atoms with Crippen LogP contribution in [0.4, 0.5) is 18.9 Å². The molecular weight excluding hydrogens is 369 g/mol. The lowest BCUT2D eigenvalue weighted by molar-refractivity contribution is -0.137. The summed E-state index contributed by atoms with van der Waals surface area (Å²) in [5.74, 6) is -0.229. The van der Waals surface area contributed by atoms with Crippen LogP contribution in [0.2, 0.25) is 0 Å². The molecule has 1 saturated heterocycles. The van der Waals surface area contributed by atoms with Gasteiger partial charge in [0.05, 0.1) is 17.2 Å². The summed E-state index contributed by atoms with van der Waals surface area (Å²) in [5, 5.41) is 11.8. The zero-order chi connectivity index (χ0) is 20.1. The van der Waals surface area contributed by atoms with E-state index in [0.29, 0.717) is 38.2 Å². The maximum absolute atomic E-state index is 13.1. The Morgan fingerprint density at radius 1 is 1.29 bits per heavy atom. The molecule has 0 bridgehead atoms. The third-order valence-corrected chi connectivity index (χ3v) is 4.85. The Bertz CT molecular complexity index is 869. The van der Waals surface area contributed by atoms with Crippen LogP contribution in [0.15, 0.2) is 42.7 Å². The van der Waals surface area contributed by atoms with E-state index in [1.54, 1.807) is 24.5 Å². The first-order valence-corrected chi connectivity index (χ1v) is 8.91. The van der Waals surface area contributed by atoms with Gasteiger partial charge in [-0.15, -0.1) is 0 Å². The molecule has 0 saturated carbocycles. The number of carbonyl (C=O) groups is 1. The predicted octanol–water partition coefficient (Wildman–Crippen LogP) is 3.50. The van der Waals surface area contributed by atoms with Crippen molar-refractivity contribution in [3.8, 4) is 6.07 Å². The van der Waals surface area contributed by atoms with Gasteiger partial charge in [-0.3, -0.25) is 9.78 Å². The Morgan fingerprint density at radius 2 is 2.04 bits per heavy atom. The van der Waals surface area contributed by atoms with Crippen LogP contribution in [0.3, 0.4) is 0 Å². The van der Waals surface area contributed by atoms with Crippen molar-refractivity contribution < 1.29 is 18.0 Å². The molecule has 0 unspecified atom stereocenters. The monoisotopic (exact) mass is 388 g/mol. The molecule has 1 N–H and O–H groups in total. The highest BCUT2D eigenvalue weighted by molar-refractivity contribution is 5.79. The molecule has 28 heavy (non-hydrogen) atoms. The number of halogens is 3. The number of benzene rings is 1. The minimum absolute atomic E-state index is 0.0562. The van der Waals surface area contributed by atoms with Crippen molar-refractivity contribution >= 4 is 11.6 Å². The molecule has 8 heteroatoms. The Kier molecular flexibility index (Phi) is 5.83. The molecule has 3 rings (SSSR count). The van der Waals surface area contributed by atoms with Crippen LogP contribution in [0.25, 0.3) is 0 Å². The Balaban J connectivity index is 1.59. The molecule has 2 aromatic rings. The van der Waals surface area contributed by atoms with Gasteiger partial charge in [-0.05, 0) is 42.7 Å². The number of hydrogen-bond acceptors (Lipinski definition) is 4. The van der Waals surface area contributed by atoms with Gasteiger partial charge in [-0.25, -0.2) is 0 Å². The van der Waals surface area contributed by atoms with Gasteiger partial charge in [0.25, 0.3) is 0 Å². The summed E-state index contributed by atoms with van der Waals surface area (Å²) in [7, 11) is 0. The second kappa shape index (κ2) is 8.30. The Labute approximate surface area is 160 Å². The number of hydrogen-bond donors (Lipinski definition) is 1. The molecule has 1 aliphatic rings. The van der Waals surface area contributed by atoms with E-state index in [9.17, 15) is 18.0 Å².